The summed E-state index contributed by atoms with van der Waals surface area (Å²) >= 11 is 0. The molecule has 1 amide bonds. The van der Waals surface area contributed by atoms with Gasteiger partial charge in [-0.15, -0.1) is 0 Å². The summed E-state index contributed by atoms with van der Waals surface area (Å²) in [6.45, 7) is 4.89. The number of nitrogens with one attached hydrogen (secondary N) is 1. The van der Waals surface area contributed by atoms with E-state index in [1.165, 1.54) is 0 Å². The quantitative estimate of drug-likeness (QED) is 0.845. The summed E-state index contributed by atoms with van der Waals surface area (Å²) in [4.78, 5) is 37.9. The predicted molar refractivity (Wildman–Crippen MR) is 96.6 cm³/mol. The van der Waals surface area contributed by atoms with Crippen LogP contribution in [0, 0.1) is 0 Å². The lowest BCUT2D eigenvalue weighted by Crippen LogP contribution is -2.42. The van der Waals surface area contributed by atoms with Gasteiger partial charge in [-0.3, -0.25) is 14.4 Å². The summed E-state index contributed by atoms with van der Waals surface area (Å²) in [6, 6.07) is 7.21. The molecule has 0 bridgehead atoms. The van der Waals surface area contributed by atoms with Crippen LogP contribution in [0.1, 0.15) is 43.5 Å². The van der Waals surface area contributed by atoms with Crippen molar-refractivity contribution in [2.75, 3.05) is 18.5 Å². The number of nitrogens with zero attached hydrogens (tertiary/aromatic N) is 1. The van der Waals surface area contributed by atoms with Crippen molar-refractivity contribution in [2.45, 2.75) is 39.2 Å². The minimum Gasteiger partial charge on any atom is -0.488 e. The van der Waals surface area contributed by atoms with E-state index >= 15 is 0 Å². The van der Waals surface area contributed by atoms with Gasteiger partial charge in [0.15, 0.2) is 5.75 Å². The van der Waals surface area contributed by atoms with Crippen molar-refractivity contribution in [1.29, 1.82) is 0 Å². The van der Waals surface area contributed by atoms with Gasteiger partial charge in [0.1, 0.15) is 5.69 Å². The maximum Gasteiger partial charge on any atom is 0.272 e. The normalized spacial score (nSPS) is 17.5. The summed E-state index contributed by atoms with van der Waals surface area (Å²) in [5.41, 5.74) is 0.102. The third kappa shape index (κ3) is 3.29. The highest BCUT2D eigenvalue weighted by molar-refractivity contribution is 5.95. The molecule has 1 atom stereocenters. The number of carbonyl (C=O) groups excluding carboxylic acids is 1. The second-order valence-electron chi connectivity index (χ2n) is 6.34. The Morgan fingerprint density at radius 3 is 2.80 bits per heavy atom. The summed E-state index contributed by atoms with van der Waals surface area (Å²) in [7, 11) is 0. The fourth-order valence-corrected chi connectivity index (χ4v) is 3.21. The molecule has 1 aliphatic rings. The van der Waals surface area contributed by atoms with Crippen molar-refractivity contribution in [1.82, 2.24) is 4.90 Å². The summed E-state index contributed by atoms with van der Waals surface area (Å²) in [5, 5.41) is 2.92. The molecule has 25 heavy (non-hydrogen) atoms. The van der Waals surface area contributed by atoms with Crippen molar-refractivity contribution in [3.05, 3.63) is 50.3 Å². The predicted octanol–water partition coefficient (Wildman–Crippen LogP) is 2.44. The van der Waals surface area contributed by atoms with Crippen LogP contribution in [0.4, 0.5) is 11.4 Å². The van der Waals surface area contributed by atoms with Gasteiger partial charge < -0.3 is 15.0 Å². The van der Waals surface area contributed by atoms with Gasteiger partial charge in [-0.2, -0.15) is 0 Å². The molecular formula is C19H22N2O4. The van der Waals surface area contributed by atoms with E-state index in [4.69, 9.17) is 4.74 Å². The second kappa shape index (κ2) is 7.09. The first kappa shape index (κ1) is 17.2. The molecule has 132 valence electrons. The van der Waals surface area contributed by atoms with E-state index in [2.05, 4.69) is 12.2 Å². The standard InChI is InChI=1S/C19H22N2O4/c1-3-25-18-15(16(22)17(18)23)20-14-9-6-8-13(11-14)19(24)21-10-5-4-7-12(21)2/h6,8-9,11-12,20H,3-5,7,10H2,1-2H3. The third-order valence-electron chi connectivity index (χ3n) is 4.60. The molecule has 0 radical (unpaired) electrons. The first-order valence-electron chi connectivity index (χ1n) is 8.67. The van der Waals surface area contributed by atoms with Crippen LogP contribution in [-0.4, -0.2) is 30.0 Å². The number of hydrogen-bond acceptors (Lipinski definition) is 5. The molecule has 6 heteroatoms. The summed E-state index contributed by atoms with van der Waals surface area (Å²) in [5.74, 6) is 0.0553. The molecule has 6 nitrogen and oxygen atoms in total. The summed E-state index contributed by atoms with van der Waals surface area (Å²) in [6.07, 6.45) is 3.19. The molecule has 0 aliphatic carbocycles. The van der Waals surface area contributed by atoms with E-state index in [-0.39, 0.29) is 23.4 Å². The van der Waals surface area contributed by atoms with E-state index in [9.17, 15) is 14.4 Å². The fourth-order valence-electron chi connectivity index (χ4n) is 3.21. The van der Waals surface area contributed by atoms with Crippen LogP contribution in [0.5, 0.6) is 5.75 Å². The molecule has 1 N–H and O–H groups in total. The smallest absolute Gasteiger partial charge is 0.272 e. The molecule has 3 rings (SSSR count). The molecule has 0 saturated carbocycles. The van der Waals surface area contributed by atoms with Crippen LogP contribution < -0.4 is 20.9 Å². The topological polar surface area (TPSA) is 75.7 Å². The molecule has 0 spiro atoms. The molecule has 2 aromatic carbocycles. The van der Waals surface area contributed by atoms with Crippen LogP contribution in [-0.2, 0) is 0 Å². The first-order chi connectivity index (χ1) is 12.0. The number of rotatable bonds is 5. The van der Waals surface area contributed by atoms with E-state index in [1.807, 2.05) is 4.90 Å². The van der Waals surface area contributed by atoms with Crippen molar-refractivity contribution in [3.63, 3.8) is 0 Å². The minimum absolute atomic E-state index is 0.00845. The first-order valence-corrected chi connectivity index (χ1v) is 8.67. The number of anilines is 2. The van der Waals surface area contributed by atoms with E-state index in [1.54, 1.807) is 31.2 Å². The van der Waals surface area contributed by atoms with E-state index < -0.39 is 10.9 Å². The van der Waals surface area contributed by atoms with Gasteiger partial charge in [0.05, 0.1) is 6.61 Å². The van der Waals surface area contributed by atoms with Crippen LogP contribution in [0.3, 0.4) is 0 Å². The molecule has 2 aromatic rings. The Hall–Kier alpha value is -2.63. The number of amides is 1. The zero-order valence-electron chi connectivity index (χ0n) is 14.5. The molecule has 1 heterocycles. The Bertz CT molecular complexity index is 851. The maximum atomic E-state index is 12.8. The lowest BCUT2D eigenvalue weighted by atomic mass is 10.0. The van der Waals surface area contributed by atoms with Gasteiger partial charge in [0, 0.05) is 23.8 Å². The van der Waals surface area contributed by atoms with Gasteiger partial charge >= 0.3 is 0 Å². The third-order valence-corrected chi connectivity index (χ3v) is 4.60. The highest BCUT2D eigenvalue weighted by atomic mass is 16.5. The number of carbonyl (C=O) groups is 1. The van der Waals surface area contributed by atoms with Crippen LogP contribution in [0.25, 0.3) is 0 Å². The molecule has 0 aromatic heterocycles. The largest absolute Gasteiger partial charge is 0.488 e. The molecule has 1 unspecified atom stereocenters. The van der Waals surface area contributed by atoms with Crippen LogP contribution in [0.15, 0.2) is 33.9 Å². The Labute approximate surface area is 146 Å². The lowest BCUT2D eigenvalue weighted by Gasteiger charge is -2.33. The Balaban J connectivity index is 1.80. The van der Waals surface area contributed by atoms with Crippen molar-refractivity contribution >= 4 is 17.3 Å². The van der Waals surface area contributed by atoms with Gasteiger partial charge in [0.25, 0.3) is 16.8 Å². The maximum absolute atomic E-state index is 12.8. The highest BCUT2D eigenvalue weighted by Crippen LogP contribution is 2.25. The van der Waals surface area contributed by atoms with Gasteiger partial charge in [-0.05, 0) is 51.3 Å². The SMILES string of the molecule is CCOc1c(Nc2cccc(C(=O)N3CCCCC3C)c2)c(=O)c1=O. The zero-order valence-corrected chi connectivity index (χ0v) is 14.5. The average Bonchev–Trinajstić information content (AvgIpc) is 2.64. The number of hydrogen-bond donors (Lipinski definition) is 1. The summed E-state index contributed by atoms with van der Waals surface area (Å²) < 4.78 is 5.20. The number of piperidine rings is 1. The highest BCUT2D eigenvalue weighted by Gasteiger charge is 2.25. The molecule has 1 fully saturated rings. The lowest BCUT2D eigenvalue weighted by molar-refractivity contribution is 0.0635. The van der Waals surface area contributed by atoms with E-state index in [0.29, 0.717) is 17.9 Å². The fraction of sp³-hybridized carbons (Fsp3) is 0.421. The Morgan fingerprint density at radius 2 is 2.08 bits per heavy atom. The Morgan fingerprint density at radius 1 is 1.28 bits per heavy atom. The number of likely N-dealkylation sites (tertiary alicyclic amines) is 1. The number of benzene rings is 1. The monoisotopic (exact) mass is 342 g/mol. The van der Waals surface area contributed by atoms with Crippen molar-refractivity contribution < 1.29 is 9.53 Å². The minimum atomic E-state index is -0.612. The molecule has 1 aliphatic heterocycles. The average molecular weight is 342 g/mol. The van der Waals surface area contributed by atoms with Crippen LogP contribution >= 0.6 is 0 Å². The van der Waals surface area contributed by atoms with Crippen molar-refractivity contribution in [3.8, 4) is 5.75 Å². The zero-order chi connectivity index (χ0) is 18.0. The van der Waals surface area contributed by atoms with Gasteiger partial charge in [-0.25, -0.2) is 0 Å². The van der Waals surface area contributed by atoms with Gasteiger partial charge in [-0.1, -0.05) is 6.07 Å². The Kier molecular flexibility index (Phi) is 4.88. The molecular weight excluding hydrogens is 320 g/mol. The van der Waals surface area contributed by atoms with Gasteiger partial charge in [0.2, 0.25) is 0 Å². The molecule has 1 saturated heterocycles. The van der Waals surface area contributed by atoms with E-state index in [0.717, 1.165) is 25.8 Å². The number of ether oxygens (including phenoxy) is 1. The van der Waals surface area contributed by atoms with Crippen LogP contribution in [0.2, 0.25) is 0 Å². The van der Waals surface area contributed by atoms with Crippen molar-refractivity contribution in [2.24, 2.45) is 0 Å². The second-order valence-corrected chi connectivity index (χ2v) is 6.34.